The molecule has 0 fully saturated rings. The first-order valence-electron chi connectivity index (χ1n) is 5.97. The van der Waals surface area contributed by atoms with Gasteiger partial charge in [0.25, 0.3) is 0 Å². The van der Waals surface area contributed by atoms with Crippen LogP contribution in [0.3, 0.4) is 0 Å². The van der Waals surface area contributed by atoms with Crippen LogP contribution in [0.1, 0.15) is 25.8 Å². The van der Waals surface area contributed by atoms with Crippen molar-refractivity contribution in [3.63, 3.8) is 0 Å². The van der Waals surface area contributed by atoms with Crippen LogP contribution in [-0.4, -0.2) is 17.0 Å². The highest BCUT2D eigenvalue weighted by Gasteiger charge is 2.08. The van der Waals surface area contributed by atoms with Crippen molar-refractivity contribution in [3.05, 3.63) is 29.8 Å². The second kappa shape index (κ2) is 7.31. The monoisotopic (exact) mass is 311 g/mol. The van der Waals surface area contributed by atoms with Crippen molar-refractivity contribution in [2.45, 2.75) is 26.7 Å². The van der Waals surface area contributed by atoms with E-state index in [1.165, 1.54) is 5.56 Å². The SMILES string of the molecule is CC(C)Cc1cccc(NC(=O)CC(=O)CBr)c1. The maximum atomic E-state index is 11.6. The van der Waals surface area contributed by atoms with Crippen LogP contribution in [0.4, 0.5) is 5.69 Å². The van der Waals surface area contributed by atoms with Crippen molar-refractivity contribution in [2.75, 3.05) is 10.6 Å². The number of Topliss-reactive ketones (excluding diaryl/α,β-unsaturated/α-hetero) is 1. The minimum absolute atomic E-state index is 0.0837. The first-order chi connectivity index (χ1) is 8.51. The van der Waals surface area contributed by atoms with Gasteiger partial charge in [-0.3, -0.25) is 9.59 Å². The number of carbonyl (C=O) groups is 2. The first kappa shape index (κ1) is 14.9. The van der Waals surface area contributed by atoms with E-state index in [4.69, 9.17) is 0 Å². The Bertz CT molecular complexity index is 430. The van der Waals surface area contributed by atoms with Crippen LogP contribution in [0, 0.1) is 5.92 Å². The van der Waals surface area contributed by atoms with Crippen LogP contribution in [-0.2, 0) is 16.0 Å². The van der Waals surface area contributed by atoms with Crippen LogP contribution in [0.2, 0.25) is 0 Å². The van der Waals surface area contributed by atoms with E-state index in [2.05, 4.69) is 35.1 Å². The number of amides is 1. The van der Waals surface area contributed by atoms with E-state index < -0.39 is 0 Å². The Morgan fingerprint density at radius 3 is 2.67 bits per heavy atom. The van der Waals surface area contributed by atoms with Gasteiger partial charge in [-0.05, 0) is 30.0 Å². The molecule has 98 valence electrons. The first-order valence-corrected chi connectivity index (χ1v) is 7.10. The largest absolute Gasteiger partial charge is 0.326 e. The average molecular weight is 312 g/mol. The molecule has 0 aliphatic rings. The summed E-state index contributed by atoms with van der Waals surface area (Å²) in [6.45, 7) is 4.31. The average Bonchev–Trinajstić information content (AvgIpc) is 2.28. The van der Waals surface area contributed by atoms with Gasteiger partial charge >= 0.3 is 0 Å². The van der Waals surface area contributed by atoms with Gasteiger partial charge in [-0.2, -0.15) is 0 Å². The molecule has 0 unspecified atom stereocenters. The Labute approximate surface area is 116 Å². The molecule has 0 aliphatic heterocycles. The molecule has 0 heterocycles. The number of benzene rings is 1. The van der Waals surface area contributed by atoms with Gasteiger partial charge in [-0.1, -0.05) is 41.9 Å². The predicted molar refractivity (Wildman–Crippen MR) is 77.0 cm³/mol. The number of nitrogens with one attached hydrogen (secondary N) is 1. The van der Waals surface area contributed by atoms with Crippen LogP contribution in [0.15, 0.2) is 24.3 Å². The number of alkyl halides is 1. The molecular formula is C14H18BrNO2. The van der Waals surface area contributed by atoms with E-state index in [1.807, 2.05) is 24.3 Å². The number of hydrogen-bond donors (Lipinski definition) is 1. The summed E-state index contributed by atoms with van der Waals surface area (Å²) in [7, 11) is 0. The molecule has 0 saturated heterocycles. The van der Waals surface area contributed by atoms with E-state index in [9.17, 15) is 9.59 Å². The van der Waals surface area contributed by atoms with Crippen LogP contribution in [0.5, 0.6) is 0 Å². The number of hydrogen-bond acceptors (Lipinski definition) is 2. The summed E-state index contributed by atoms with van der Waals surface area (Å²) in [4.78, 5) is 22.7. The lowest BCUT2D eigenvalue weighted by Crippen LogP contribution is -2.17. The van der Waals surface area contributed by atoms with Crippen molar-refractivity contribution >= 4 is 33.3 Å². The number of rotatable bonds is 6. The Balaban J connectivity index is 2.61. The fraction of sp³-hybridized carbons (Fsp3) is 0.429. The Kier molecular flexibility index (Phi) is 6.05. The fourth-order valence-electron chi connectivity index (χ4n) is 1.68. The third kappa shape index (κ3) is 5.45. The summed E-state index contributed by atoms with van der Waals surface area (Å²) in [6.07, 6.45) is 0.893. The Hall–Kier alpha value is -1.16. The van der Waals surface area contributed by atoms with Crippen LogP contribution < -0.4 is 5.32 Å². The van der Waals surface area contributed by atoms with Crippen molar-refractivity contribution < 1.29 is 9.59 Å². The van der Waals surface area contributed by atoms with Gasteiger partial charge in [-0.15, -0.1) is 0 Å². The number of halogens is 1. The third-order valence-corrected chi connectivity index (χ3v) is 2.99. The topological polar surface area (TPSA) is 46.2 Å². The quantitative estimate of drug-likeness (QED) is 0.648. The summed E-state index contributed by atoms with van der Waals surface area (Å²) in [5.41, 5.74) is 1.94. The lowest BCUT2D eigenvalue weighted by Gasteiger charge is -2.08. The smallest absolute Gasteiger partial charge is 0.231 e. The summed E-state index contributed by atoms with van der Waals surface area (Å²) < 4.78 is 0. The molecule has 18 heavy (non-hydrogen) atoms. The van der Waals surface area contributed by atoms with E-state index in [-0.39, 0.29) is 23.4 Å². The molecule has 1 N–H and O–H groups in total. The van der Waals surface area contributed by atoms with E-state index >= 15 is 0 Å². The number of carbonyl (C=O) groups excluding carboxylic acids is 2. The Morgan fingerprint density at radius 1 is 1.33 bits per heavy atom. The van der Waals surface area contributed by atoms with Crippen molar-refractivity contribution in [2.24, 2.45) is 5.92 Å². The van der Waals surface area contributed by atoms with Crippen molar-refractivity contribution in [3.8, 4) is 0 Å². The molecule has 0 aliphatic carbocycles. The fourth-order valence-corrected chi connectivity index (χ4v) is 1.88. The van der Waals surface area contributed by atoms with Crippen LogP contribution in [0.25, 0.3) is 0 Å². The molecule has 1 aromatic rings. The lowest BCUT2D eigenvalue weighted by atomic mass is 10.0. The van der Waals surface area contributed by atoms with Gasteiger partial charge in [0.05, 0.1) is 11.8 Å². The maximum absolute atomic E-state index is 11.6. The highest BCUT2D eigenvalue weighted by Crippen LogP contribution is 2.14. The zero-order valence-electron chi connectivity index (χ0n) is 10.7. The van der Waals surface area contributed by atoms with Gasteiger partial charge < -0.3 is 5.32 Å². The van der Waals surface area contributed by atoms with Gasteiger partial charge in [0.2, 0.25) is 5.91 Å². The second-order valence-electron chi connectivity index (χ2n) is 4.70. The van der Waals surface area contributed by atoms with E-state index in [0.717, 1.165) is 12.1 Å². The summed E-state index contributed by atoms with van der Waals surface area (Å²) in [5.74, 6) is 0.193. The zero-order valence-corrected chi connectivity index (χ0v) is 12.3. The van der Waals surface area contributed by atoms with E-state index in [1.54, 1.807) is 0 Å². The normalized spacial score (nSPS) is 10.4. The highest BCUT2D eigenvalue weighted by molar-refractivity contribution is 9.09. The lowest BCUT2D eigenvalue weighted by molar-refractivity contribution is -0.123. The molecule has 0 atom stereocenters. The molecule has 0 spiro atoms. The third-order valence-electron chi connectivity index (χ3n) is 2.36. The van der Waals surface area contributed by atoms with Crippen molar-refractivity contribution in [1.29, 1.82) is 0 Å². The molecule has 4 heteroatoms. The van der Waals surface area contributed by atoms with Crippen molar-refractivity contribution in [1.82, 2.24) is 0 Å². The predicted octanol–water partition coefficient (Wildman–Crippen LogP) is 3.18. The minimum atomic E-state index is -0.263. The second-order valence-corrected chi connectivity index (χ2v) is 5.26. The van der Waals surface area contributed by atoms with Gasteiger partial charge in [0, 0.05) is 5.69 Å². The van der Waals surface area contributed by atoms with Gasteiger partial charge in [-0.25, -0.2) is 0 Å². The summed E-state index contributed by atoms with van der Waals surface area (Å²) in [6, 6.07) is 7.75. The molecule has 0 bridgehead atoms. The molecule has 0 saturated carbocycles. The standard InChI is InChI=1S/C14H18BrNO2/c1-10(2)6-11-4-3-5-12(7-11)16-14(18)8-13(17)9-15/h3-5,7,10H,6,8-9H2,1-2H3,(H,16,18). The minimum Gasteiger partial charge on any atom is -0.326 e. The molecule has 0 radical (unpaired) electrons. The molecule has 3 nitrogen and oxygen atoms in total. The number of anilines is 1. The van der Waals surface area contributed by atoms with E-state index in [0.29, 0.717) is 5.92 Å². The summed E-state index contributed by atoms with van der Waals surface area (Å²) in [5, 5.41) is 2.96. The van der Waals surface area contributed by atoms with Gasteiger partial charge in [0.1, 0.15) is 0 Å². The van der Waals surface area contributed by atoms with Gasteiger partial charge in [0.15, 0.2) is 5.78 Å². The summed E-state index contributed by atoms with van der Waals surface area (Å²) >= 11 is 3.04. The van der Waals surface area contributed by atoms with Crippen LogP contribution >= 0.6 is 15.9 Å². The molecule has 0 aromatic heterocycles. The molecule has 1 rings (SSSR count). The highest BCUT2D eigenvalue weighted by atomic mass is 79.9. The molecule has 1 aromatic carbocycles. The molecular weight excluding hydrogens is 294 g/mol. The Morgan fingerprint density at radius 2 is 2.06 bits per heavy atom. The maximum Gasteiger partial charge on any atom is 0.231 e. The zero-order chi connectivity index (χ0) is 13.5. The number of ketones is 1. The molecule has 1 amide bonds.